The lowest BCUT2D eigenvalue weighted by Crippen LogP contribution is -2.06. The Balaban J connectivity index is 1.79. The van der Waals surface area contributed by atoms with Gasteiger partial charge in [-0.25, -0.2) is 4.39 Å². The highest BCUT2D eigenvalue weighted by molar-refractivity contribution is 7.17. The van der Waals surface area contributed by atoms with E-state index in [-0.39, 0.29) is 17.6 Å². The van der Waals surface area contributed by atoms with E-state index >= 15 is 0 Å². The Labute approximate surface area is 127 Å². The van der Waals surface area contributed by atoms with Crippen molar-refractivity contribution in [3.8, 4) is 5.75 Å². The molecular formula is C17H16FNOS. The Kier molecular flexibility index (Phi) is 3.90. The van der Waals surface area contributed by atoms with Gasteiger partial charge in [0, 0.05) is 16.3 Å². The number of thiophene rings is 1. The normalized spacial score (nSPS) is 12.5. The van der Waals surface area contributed by atoms with Crippen molar-refractivity contribution < 1.29 is 9.13 Å². The van der Waals surface area contributed by atoms with Gasteiger partial charge in [0.15, 0.2) is 11.6 Å². The molecule has 0 saturated carbocycles. The Morgan fingerprint density at radius 2 is 2.05 bits per heavy atom. The van der Waals surface area contributed by atoms with Crippen LogP contribution < -0.4 is 10.5 Å². The van der Waals surface area contributed by atoms with Crippen molar-refractivity contribution in [3.05, 3.63) is 64.8 Å². The van der Waals surface area contributed by atoms with Crippen LogP contribution >= 0.6 is 11.3 Å². The van der Waals surface area contributed by atoms with Crippen LogP contribution in [0.3, 0.4) is 0 Å². The Morgan fingerprint density at radius 1 is 1.24 bits per heavy atom. The Morgan fingerprint density at radius 3 is 2.81 bits per heavy atom. The molecule has 0 fully saturated rings. The van der Waals surface area contributed by atoms with E-state index in [0.29, 0.717) is 6.61 Å². The second-order valence-corrected chi connectivity index (χ2v) is 5.94. The molecule has 108 valence electrons. The van der Waals surface area contributed by atoms with Crippen molar-refractivity contribution in [3.63, 3.8) is 0 Å². The molecule has 0 spiro atoms. The number of benzene rings is 2. The number of nitrogens with two attached hydrogens (primary N) is 1. The molecule has 0 saturated heterocycles. The third kappa shape index (κ3) is 2.91. The SMILES string of the molecule is CC(N)c1ccc(OCc2csc3ccccc23)c(F)c1. The van der Waals surface area contributed by atoms with Gasteiger partial charge in [0.1, 0.15) is 6.61 Å². The van der Waals surface area contributed by atoms with Gasteiger partial charge in [-0.3, -0.25) is 0 Å². The molecule has 21 heavy (non-hydrogen) atoms. The van der Waals surface area contributed by atoms with E-state index in [2.05, 4.69) is 17.5 Å². The van der Waals surface area contributed by atoms with Gasteiger partial charge in [0.25, 0.3) is 0 Å². The third-order valence-electron chi connectivity index (χ3n) is 3.43. The molecule has 0 aliphatic heterocycles. The van der Waals surface area contributed by atoms with Crippen LogP contribution in [-0.4, -0.2) is 0 Å². The van der Waals surface area contributed by atoms with Crippen molar-refractivity contribution >= 4 is 21.4 Å². The van der Waals surface area contributed by atoms with Crippen LogP contribution in [0.2, 0.25) is 0 Å². The molecule has 2 N–H and O–H groups in total. The van der Waals surface area contributed by atoms with E-state index < -0.39 is 0 Å². The summed E-state index contributed by atoms with van der Waals surface area (Å²) >= 11 is 1.67. The Bertz CT molecular complexity index is 766. The highest BCUT2D eigenvalue weighted by Crippen LogP contribution is 2.28. The molecular weight excluding hydrogens is 285 g/mol. The third-order valence-corrected chi connectivity index (χ3v) is 4.44. The number of hydrogen-bond acceptors (Lipinski definition) is 3. The number of ether oxygens (including phenoxy) is 1. The average Bonchev–Trinajstić information content (AvgIpc) is 2.89. The van der Waals surface area contributed by atoms with Gasteiger partial charge in [0.2, 0.25) is 0 Å². The van der Waals surface area contributed by atoms with Crippen molar-refractivity contribution in [1.82, 2.24) is 0 Å². The first-order chi connectivity index (χ1) is 10.1. The largest absolute Gasteiger partial charge is 0.486 e. The van der Waals surface area contributed by atoms with E-state index in [1.54, 1.807) is 23.5 Å². The van der Waals surface area contributed by atoms with Crippen molar-refractivity contribution in [2.24, 2.45) is 5.73 Å². The predicted octanol–water partition coefficient (Wildman–Crippen LogP) is 4.64. The summed E-state index contributed by atoms with van der Waals surface area (Å²) in [4.78, 5) is 0. The van der Waals surface area contributed by atoms with Gasteiger partial charge < -0.3 is 10.5 Å². The lowest BCUT2D eigenvalue weighted by atomic mass is 10.1. The Hall–Kier alpha value is -1.91. The minimum Gasteiger partial charge on any atom is -0.486 e. The van der Waals surface area contributed by atoms with Crippen LogP contribution in [0, 0.1) is 5.82 Å². The first-order valence-corrected chi connectivity index (χ1v) is 7.66. The lowest BCUT2D eigenvalue weighted by Gasteiger charge is -2.10. The minimum absolute atomic E-state index is 0.186. The number of fused-ring (bicyclic) bond motifs is 1. The molecule has 1 unspecified atom stereocenters. The molecule has 2 nitrogen and oxygen atoms in total. The highest BCUT2D eigenvalue weighted by atomic mass is 32.1. The monoisotopic (exact) mass is 301 g/mol. The van der Waals surface area contributed by atoms with Crippen LogP contribution in [-0.2, 0) is 6.61 Å². The molecule has 1 aromatic heterocycles. The highest BCUT2D eigenvalue weighted by Gasteiger charge is 2.09. The summed E-state index contributed by atoms with van der Waals surface area (Å²) in [6.45, 7) is 2.19. The van der Waals surface area contributed by atoms with Crippen molar-refractivity contribution in [2.45, 2.75) is 19.6 Å². The molecule has 3 rings (SSSR count). The van der Waals surface area contributed by atoms with Crippen LogP contribution in [0.1, 0.15) is 24.1 Å². The smallest absolute Gasteiger partial charge is 0.165 e. The molecule has 0 radical (unpaired) electrons. The first-order valence-electron chi connectivity index (χ1n) is 6.78. The van der Waals surface area contributed by atoms with E-state index in [4.69, 9.17) is 10.5 Å². The summed E-state index contributed by atoms with van der Waals surface area (Å²) in [5.74, 6) is -0.112. The van der Waals surface area contributed by atoms with Crippen LogP contribution in [0.15, 0.2) is 47.8 Å². The molecule has 0 aliphatic carbocycles. The molecule has 0 bridgehead atoms. The standard InChI is InChI=1S/C17H16FNOS/c1-11(19)12-6-7-16(15(18)8-12)20-9-13-10-21-17-5-3-2-4-14(13)17/h2-8,10-11H,9,19H2,1H3. The maximum Gasteiger partial charge on any atom is 0.165 e. The fraction of sp³-hybridized carbons (Fsp3) is 0.176. The maximum absolute atomic E-state index is 14.0. The average molecular weight is 301 g/mol. The number of halogens is 1. The summed E-state index contributed by atoms with van der Waals surface area (Å²) in [5.41, 5.74) is 7.58. The molecule has 0 amide bonds. The van der Waals surface area contributed by atoms with Crippen molar-refractivity contribution in [1.29, 1.82) is 0 Å². The predicted molar refractivity (Wildman–Crippen MR) is 85.2 cm³/mol. The minimum atomic E-state index is -0.371. The number of rotatable bonds is 4. The van der Waals surface area contributed by atoms with Gasteiger partial charge in [-0.15, -0.1) is 11.3 Å². The quantitative estimate of drug-likeness (QED) is 0.762. The molecule has 2 aromatic carbocycles. The van der Waals surface area contributed by atoms with Crippen LogP contribution in [0.4, 0.5) is 4.39 Å². The maximum atomic E-state index is 14.0. The van der Waals surface area contributed by atoms with E-state index in [1.165, 1.54) is 10.8 Å². The van der Waals surface area contributed by atoms with Crippen molar-refractivity contribution in [2.75, 3.05) is 0 Å². The summed E-state index contributed by atoms with van der Waals surface area (Å²) < 4.78 is 20.8. The first kappa shape index (κ1) is 14.0. The van der Waals surface area contributed by atoms with E-state index in [1.807, 2.05) is 19.1 Å². The molecule has 1 atom stereocenters. The van der Waals surface area contributed by atoms with Gasteiger partial charge >= 0.3 is 0 Å². The molecule has 3 aromatic rings. The van der Waals surface area contributed by atoms with E-state index in [0.717, 1.165) is 16.5 Å². The summed E-state index contributed by atoms with van der Waals surface area (Å²) in [6.07, 6.45) is 0. The van der Waals surface area contributed by atoms with Crippen LogP contribution in [0.25, 0.3) is 10.1 Å². The second kappa shape index (κ2) is 5.84. The summed E-state index contributed by atoms with van der Waals surface area (Å²) in [6, 6.07) is 12.8. The molecule has 1 heterocycles. The molecule has 4 heteroatoms. The topological polar surface area (TPSA) is 35.2 Å². The zero-order chi connectivity index (χ0) is 14.8. The molecule has 0 aliphatic rings. The van der Waals surface area contributed by atoms with Crippen LogP contribution in [0.5, 0.6) is 5.75 Å². The number of hydrogen-bond donors (Lipinski definition) is 1. The zero-order valence-corrected chi connectivity index (χ0v) is 12.5. The van der Waals surface area contributed by atoms with Gasteiger partial charge in [-0.05, 0) is 41.5 Å². The fourth-order valence-corrected chi connectivity index (χ4v) is 3.16. The van der Waals surface area contributed by atoms with Gasteiger partial charge in [-0.2, -0.15) is 0 Å². The zero-order valence-electron chi connectivity index (χ0n) is 11.7. The second-order valence-electron chi connectivity index (χ2n) is 5.02. The fourth-order valence-electron chi connectivity index (χ4n) is 2.22. The van der Waals surface area contributed by atoms with E-state index in [9.17, 15) is 4.39 Å². The van der Waals surface area contributed by atoms with Gasteiger partial charge in [0.05, 0.1) is 0 Å². The van der Waals surface area contributed by atoms with Gasteiger partial charge in [-0.1, -0.05) is 24.3 Å². The summed E-state index contributed by atoms with van der Waals surface area (Å²) in [7, 11) is 0. The lowest BCUT2D eigenvalue weighted by molar-refractivity contribution is 0.291. The summed E-state index contributed by atoms with van der Waals surface area (Å²) in [5, 5.41) is 3.22.